The molecule has 2 heterocycles. The van der Waals surface area contributed by atoms with Gasteiger partial charge in [0.05, 0.1) is 34.9 Å². The molecule has 1 aliphatic heterocycles. The molecule has 0 saturated carbocycles. The third kappa shape index (κ3) is 4.44. The van der Waals surface area contributed by atoms with Crippen LogP contribution in [0.5, 0.6) is 0 Å². The smallest absolute Gasteiger partial charge is 0.216 e. The van der Waals surface area contributed by atoms with E-state index in [4.69, 9.17) is 4.74 Å². The number of hydrogen-bond acceptors (Lipinski definition) is 6. The van der Waals surface area contributed by atoms with Crippen molar-refractivity contribution in [3.8, 4) is 6.07 Å². The molecule has 1 aromatic heterocycles. The Bertz CT molecular complexity index is 732. The summed E-state index contributed by atoms with van der Waals surface area (Å²) in [6, 6.07) is 3.87. The summed E-state index contributed by atoms with van der Waals surface area (Å²) in [5, 5.41) is 12.3. The number of ether oxygens (including phenoxy) is 1. The van der Waals surface area contributed by atoms with Crippen molar-refractivity contribution in [1.82, 2.24) is 9.29 Å². The first-order chi connectivity index (χ1) is 11.2. The van der Waals surface area contributed by atoms with Gasteiger partial charge in [0.25, 0.3) is 0 Å². The fourth-order valence-corrected chi connectivity index (χ4v) is 4.40. The number of nitrogens with one attached hydrogen (secondary N) is 1. The van der Waals surface area contributed by atoms with Gasteiger partial charge in [-0.05, 0) is 33.8 Å². The maximum atomic E-state index is 12.5. The second-order valence-electron chi connectivity index (χ2n) is 6.20. The van der Waals surface area contributed by atoms with Crippen LogP contribution in [0.3, 0.4) is 0 Å². The van der Waals surface area contributed by atoms with E-state index in [-0.39, 0.29) is 24.5 Å². The van der Waals surface area contributed by atoms with E-state index in [0.717, 1.165) is 5.69 Å². The zero-order valence-electron chi connectivity index (χ0n) is 14.5. The summed E-state index contributed by atoms with van der Waals surface area (Å²) >= 11 is 0. The van der Waals surface area contributed by atoms with E-state index in [2.05, 4.69) is 16.4 Å². The maximum absolute atomic E-state index is 12.5. The highest BCUT2D eigenvalue weighted by Gasteiger charge is 2.30. The van der Waals surface area contributed by atoms with Crippen LogP contribution in [0.2, 0.25) is 0 Å². The standard InChI is InChI=1S/C16H24N4O3S/c1-11-7-16(15(8-17)14(4)19-11)18-5-6-24(21,22)20-9-12(2)23-13(3)10-20/h7,12-13H,5-6,9-10H2,1-4H3,(H,18,19). The molecule has 0 spiro atoms. The largest absolute Gasteiger partial charge is 0.383 e. The van der Waals surface area contributed by atoms with Gasteiger partial charge in [-0.3, -0.25) is 4.98 Å². The fourth-order valence-electron chi connectivity index (χ4n) is 2.91. The molecule has 24 heavy (non-hydrogen) atoms. The molecule has 2 rings (SSSR count). The lowest BCUT2D eigenvalue weighted by Gasteiger charge is -2.34. The Balaban J connectivity index is 2.03. The zero-order valence-corrected chi connectivity index (χ0v) is 15.4. The molecular formula is C16H24N4O3S. The predicted octanol–water partition coefficient (Wildman–Crippen LogP) is 1.42. The maximum Gasteiger partial charge on any atom is 0.216 e. The van der Waals surface area contributed by atoms with Crippen molar-refractivity contribution in [1.29, 1.82) is 5.26 Å². The summed E-state index contributed by atoms with van der Waals surface area (Å²) in [5.74, 6) is -0.0300. The molecule has 0 bridgehead atoms. The van der Waals surface area contributed by atoms with Crippen molar-refractivity contribution in [2.45, 2.75) is 39.9 Å². The van der Waals surface area contributed by atoms with Crippen molar-refractivity contribution in [2.24, 2.45) is 0 Å². The number of nitrogens with zero attached hydrogens (tertiary/aromatic N) is 3. The van der Waals surface area contributed by atoms with Crippen LogP contribution in [-0.4, -0.2) is 55.3 Å². The van der Waals surface area contributed by atoms with Gasteiger partial charge >= 0.3 is 0 Å². The Labute approximate surface area is 143 Å². The number of nitriles is 1. The molecule has 8 heteroatoms. The summed E-state index contributed by atoms with van der Waals surface area (Å²) in [7, 11) is -3.37. The molecule has 1 fully saturated rings. The van der Waals surface area contributed by atoms with E-state index in [1.807, 2.05) is 20.8 Å². The molecule has 7 nitrogen and oxygen atoms in total. The summed E-state index contributed by atoms with van der Waals surface area (Å²) in [6.07, 6.45) is -0.209. The van der Waals surface area contributed by atoms with Crippen molar-refractivity contribution >= 4 is 15.7 Å². The average Bonchev–Trinajstić information content (AvgIpc) is 2.45. The summed E-state index contributed by atoms with van der Waals surface area (Å²) in [6.45, 7) is 8.35. The minimum atomic E-state index is -3.37. The third-order valence-electron chi connectivity index (χ3n) is 3.90. The SMILES string of the molecule is Cc1cc(NCCS(=O)(=O)N2CC(C)OC(C)C2)c(C#N)c(C)n1. The highest BCUT2D eigenvalue weighted by molar-refractivity contribution is 7.89. The molecule has 132 valence electrons. The van der Waals surface area contributed by atoms with Gasteiger partial charge in [-0.2, -0.15) is 9.57 Å². The highest BCUT2D eigenvalue weighted by atomic mass is 32.2. The molecule has 0 aliphatic carbocycles. The van der Waals surface area contributed by atoms with Crippen LogP contribution in [0.25, 0.3) is 0 Å². The molecule has 0 radical (unpaired) electrons. The van der Waals surface area contributed by atoms with Gasteiger partial charge in [-0.1, -0.05) is 0 Å². The quantitative estimate of drug-likeness (QED) is 0.861. The predicted molar refractivity (Wildman–Crippen MR) is 92.3 cm³/mol. The Morgan fingerprint density at radius 1 is 1.38 bits per heavy atom. The topological polar surface area (TPSA) is 95.3 Å². The first-order valence-electron chi connectivity index (χ1n) is 7.98. The number of aryl methyl sites for hydroxylation is 2. The van der Waals surface area contributed by atoms with Gasteiger partial charge < -0.3 is 10.1 Å². The second-order valence-corrected chi connectivity index (χ2v) is 8.29. The lowest BCUT2D eigenvalue weighted by Crippen LogP contribution is -2.49. The van der Waals surface area contributed by atoms with E-state index in [1.54, 1.807) is 13.0 Å². The Hall–Kier alpha value is -1.69. The average molecular weight is 352 g/mol. The van der Waals surface area contributed by atoms with E-state index >= 15 is 0 Å². The number of anilines is 1. The number of morpholine rings is 1. The van der Waals surface area contributed by atoms with Crippen molar-refractivity contribution in [3.63, 3.8) is 0 Å². The molecular weight excluding hydrogens is 328 g/mol. The van der Waals surface area contributed by atoms with Gasteiger partial charge in [0.2, 0.25) is 10.0 Å². The van der Waals surface area contributed by atoms with E-state index < -0.39 is 10.0 Å². The zero-order chi connectivity index (χ0) is 17.9. The Morgan fingerprint density at radius 2 is 2.00 bits per heavy atom. The Morgan fingerprint density at radius 3 is 2.58 bits per heavy atom. The first-order valence-corrected chi connectivity index (χ1v) is 9.59. The van der Waals surface area contributed by atoms with Crippen LogP contribution in [0.15, 0.2) is 6.07 Å². The van der Waals surface area contributed by atoms with Crippen LogP contribution in [0, 0.1) is 25.2 Å². The molecule has 1 aromatic rings. The van der Waals surface area contributed by atoms with Crippen molar-refractivity contribution in [3.05, 3.63) is 23.0 Å². The van der Waals surface area contributed by atoms with E-state index in [1.165, 1.54) is 4.31 Å². The van der Waals surface area contributed by atoms with Crippen LogP contribution in [0.1, 0.15) is 30.8 Å². The molecule has 1 N–H and O–H groups in total. The fraction of sp³-hybridized carbons (Fsp3) is 0.625. The van der Waals surface area contributed by atoms with Crippen LogP contribution in [0.4, 0.5) is 5.69 Å². The number of hydrogen-bond donors (Lipinski definition) is 1. The van der Waals surface area contributed by atoms with Gasteiger partial charge in [0, 0.05) is 25.3 Å². The lowest BCUT2D eigenvalue weighted by molar-refractivity contribution is -0.0440. The monoisotopic (exact) mass is 352 g/mol. The van der Waals surface area contributed by atoms with Crippen LogP contribution >= 0.6 is 0 Å². The molecule has 2 unspecified atom stereocenters. The summed E-state index contributed by atoms with van der Waals surface area (Å²) in [5.41, 5.74) is 2.50. The molecule has 0 aromatic carbocycles. The van der Waals surface area contributed by atoms with Crippen molar-refractivity contribution < 1.29 is 13.2 Å². The van der Waals surface area contributed by atoms with Crippen molar-refractivity contribution in [2.75, 3.05) is 30.7 Å². The minimum absolute atomic E-state index is 0.0300. The number of pyridine rings is 1. The molecule has 2 atom stereocenters. The van der Waals surface area contributed by atoms with E-state index in [9.17, 15) is 13.7 Å². The Kier molecular flexibility index (Phi) is 5.80. The second kappa shape index (κ2) is 7.47. The molecule has 1 aliphatic rings. The first kappa shape index (κ1) is 18.6. The van der Waals surface area contributed by atoms with E-state index in [0.29, 0.717) is 30.0 Å². The van der Waals surface area contributed by atoms with Gasteiger partial charge in [-0.15, -0.1) is 0 Å². The number of sulfonamides is 1. The number of aromatic nitrogens is 1. The van der Waals surface area contributed by atoms with Gasteiger partial charge in [0.1, 0.15) is 6.07 Å². The summed E-state index contributed by atoms with van der Waals surface area (Å²) in [4.78, 5) is 4.25. The number of rotatable bonds is 5. The summed E-state index contributed by atoms with van der Waals surface area (Å²) < 4.78 is 32.1. The highest BCUT2D eigenvalue weighted by Crippen LogP contribution is 2.19. The van der Waals surface area contributed by atoms with Gasteiger partial charge in [-0.25, -0.2) is 8.42 Å². The van der Waals surface area contributed by atoms with Crippen LogP contribution in [-0.2, 0) is 14.8 Å². The normalized spacial score (nSPS) is 22.1. The van der Waals surface area contributed by atoms with Crippen LogP contribution < -0.4 is 5.32 Å². The molecule has 1 saturated heterocycles. The third-order valence-corrected chi connectivity index (χ3v) is 5.70. The lowest BCUT2D eigenvalue weighted by atomic mass is 10.1. The van der Waals surface area contributed by atoms with Gasteiger partial charge in [0.15, 0.2) is 0 Å². The minimum Gasteiger partial charge on any atom is -0.383 e. The molecule has 0 amide bonds.